The van der Waals surface area contributed by atoms with Crippen LogP contribution in [0.4, 0.5) is 0 Å². The van der Waals surface area contributed by atoms with E-state index in [1.54, 1.807) is 23.4 Å². The van der Waals surface area contributed by atoms with Crippen LogP contribution < -0.4 is 0 Å². The second-order valence-electron chi connectivity index (χ2n) is 1.92. The smallest absolute Gasteiger partial charge is 0.122 e. The first-order valence-corrected chi connectivity index (χ1v) is 4.33. The molecule has 0 aromatic heterocycles. The highest BCUT2D eigenvalue weighted by Gasteiger charge is 2.09. The number of thioether (sulfide) groups is 1. The number of hydrogen-bond donors (Lipinski definition) is 0. The molecule has 0 spiro atoms. The molecule has 0 N–H and O–H groups in total. The first kappa shape index (κ1) is 8.27. The highest BCUT2D eigenvalue weighted by Crippen LogP contribution is 2.19. The lowest BCUT2D eigenvalue weighted by Crippen LogP contribution is -1.90. The second-order valence-corrected chi connectivity index (χ2v) is 2.75. The van der Waals surface area contributed by atoms with Gasteiger partial charge in [-0.25, -0.2) is 4.99 Å². The van der Waals surface area contributed by atoms with E-state index in [0.29, 0.717) is 0 Å². The molecular weight excluding hydrogens is 156 g/mol. The van der Waals surface area contributed by atoms with E-state index in [4.69, 9.17) is 0 Å². The number of allylic oxidation sites excluding steroid dienone is 2. The molecule has 1 heterocycles. The summed E-state index contributed by atoms with van der Waals surface area (Å²) in [6.07, 6.45) is 3.59. The van der Waals surface area contributed by atoms with Gasteiger partial charge in [0, 0.05) is 6.54 Å². The lowest BCUT2D eigenvalue weighted by atomic mass is 10.4. The molecule has 0 fully saturated rings. The predicted molar refractivity (Wildman–Crippen MR) is 52.3 cm³/mol. The molecule has 2 nitrogen and oxygen atoms in total. The van der Waals surface area contributed by atoms with Crippen LogP contribution in [-0.4, -0.2) is 17.1 Å². The largest absolute Gasteiger partial charge is 0.276 e. The van der Waals surface area contributed by atoms with Crippen molar-refractivity contribution in [3.05, 3.63) is 24.4 Å². The molecule has 1 aliphatic rings. The van der Waals surface area contributed by atoms with Crippen LogP contribution in [0.25, 0.3) is 0 Å². The Hall–Kier alpha value is -0.830. The fourth-order valence-corrected chi connectivity index (χ4v) is 1.45. The summed E-state index contributed by atoms with van der Waals surface area (Å²) in [6.45, 7) is 6.42. The van der Waals surface area contributed by atoms with Gasteiger partial charge in [0.1, 0.15) is 5.04 Å². The van der Waals surface area contributed by atoms with E-state index in [1.807, 2.05) is 13.0 Å². The zero-order valence-corrected chi connectivity index (χ0v) is 7.27. The standard InChI is InChI=1S/C8H10N2S/c1-3-5-7-8(9-4-2)11-6-10-7/h3,5-6H,1,4H2,2H3/b7-5+,9-8?. The van der Waals surface area contributed by atoms with Crippen molar-refractivity contribution in [2.45, 2.75) is 6.92 Å². The Morgan fingerprint density at radius 2 is 2.64 bits per heavy atom. The maximum absolute atomic E-state index is 4.26. The molecule has 3 heteroatoms. The maximum atomic E-state index is 4.26. The lowest BCUT2D eigenvalue weighted by molar-refractivity contribution is 1.13. The van der Waals surface area contributed by atoms with Gasteiger partial charge < -0.3 is 0 Å². The van der Waals surface area contributed by atoms with Crippen molar-refractivity contribution in [2.75, 3.05) is 6.54 Å². The number of rotatable bonds is 2. The summed E-state index contributed by atoms with van der Waals surface area (Å²) in [5.41, 5.74) is 2.72. The number of hydrogen-bond acceptors (Lipinski definition) is 3. The first-order chi connectivity index (χ1) is 5.38. The lowest BCUT2D eigenvalue weighted by Gasteiger charge is -1.92. The molecule has 0 aromatic carbocycles. The van der Waals surface area contributed by atoms with Crippen LogP contribution in [0, 0.1) is 0 Å². The molecule has 1 aliphatic heterocycles. The molecule has 58 valence electrons. The molecule has 0 aliphatic carbocycles. The van der Waals surface area contributed by atoms with Crippen LogP contribution in [0.3, 0.4) is 0 Å². The van der Waals surface area contributed by atoms with E-state index in [2.05, 4.69) is 16.6 Å². The van der Waals surface area contributed by atoms with Crippen LogP contribution in [0.5, 0.6) is 0 Å². The third-order valence-corrected chi connectivity index (χ3v) is 1.93. The molecule has 0 radical (unpaired) electrons. The van der Waals surface area contributed by atoms with Crippen LogP contribution in [0.15, 0.2) is 34.4 Å². The third-order valence-electron chi connectivity index (χ3n) is 1.15. The highest BCUT2D eigenvalue weighted by molar-refractivity contribution is 8.26. The quantitative estimate of drug-likeness (QED) is 0.617. The number of aliphatic imine (C=N–C) groups is 2. The van der Waals surface area contributed by atoms with Crippen molar-refractivity contribution in [1.82, 2.24) is 0 Å². The predicted octanol–water partition coefficient (Wildman–Crippen LogP) is 2.25. The van der Waals surface area contributed by atoms with E-state index in [-0.39, 0.29) is 0 Å². The molecular formula is C8H10N2S. The summed E-state index contributed by atoms with van der Waals surface area (Å²) in [5, 5.41) is 0.993. The normalized spacial score (nSPS) is 23.4. The Bertz CT molecular complexity index is 238. The summed E-state index contributed by atoms with van der Waals surface area (Å²) in [7, 11) is 0. The van der Waals surface area contributed by atoms with Gasteiger partial charge >= 0.3 is 0 Å². The maximum Gasteiger partial charge on any atom is 0.122 e. The Labute approximate surface area is 70.8 Å². The van der Waals surface area contributed by atoms with Crippen molar-refractivity contribution in [3.8, 4) is 0 Å². The molecule has 0 bridgehead atoms. The fourth-order valence-electron chi connectivity index (χ4n) is 0.736. The Morgan fingerprint density at radius 1 is 1.82 bits per heavy atom. The van der Waals surface area contributed by atoms with E-state index < -0.39 is 0 Å². The molecule has 0 atom stereocenters. The summed E-state index contributed by atoms with van der Waals surface area (Å²) in [4.78, 5) is 8.38. The van der Waals surface area contributed by atoms with E-state index in [0.717, 1.165) is 17.3 Å². The minimum Gasteiger partial charge on any atom is -0.276 e. The summed E-state index contributed by atoms with van der Waals surface area (Å²) >= 11 is 1.56. The van der Waals surface area contributed by atoms with Gasteiger partial charge in [-0.05, 0) is 13.0 Å². The van der Waals surface area contributed by atoms with E-state index in [1.165, 1.54) is 0 Å². The molecule has 0 saturated carbocycles. The van der Waals surface area contributed by atoms with Crippen molar-refractivity contribution in [2.24, 2.45) is 9.98 Å². The number of nitrogens with zero attached hydrogens (tertiary/aromatic N) is 2. The Morgan fingerprint density at radius 3 is 3.27 bits per heavy atom. The van der Waals surface area contributed by atoms with Gasteiger partial charge in [-0.2, -0.15) is 0 Å². The Kier molecular flexibility index (Phi) is 3.11. The van der Waals surface area contributed by atoms with E-state index >= 15 is 0 Å². The summed E-state index contributed by atoms with van der Waals surface area (Å²) in [5.74, 6) is 0. The summed E-state index contributed by atoms with van der Waals surface area (Å²) in [6, 6.07) is 0. The van der Waals surface area contributed by atoms with Gasteiger partial charge in [0.15, 0.2) is 0 Å². The highest BCUT2D eigenvalue weighted by atomic mass is 32.2. The average molecular weight is 166 g/mol. The topological polar surface area (TPSA) is 24.7 Å². The van der Waals surface area contributed by atoms with Gasteiger partial charge in [0.25, 0.3) is 0 Å². The minimum absolute atomic E-state index is 0.806. The van der Waals surface area contributed by atoms with Crippen molar-refractivity contribution >= 4 is 22.4 Å². The van der Waals surface area contributed by atoms with Crippen LogP contribution in [-0.2, 0) is 0 Å². The fraction of sp³-hybridized carbons (Fsp3) is 0.250. The van der Waals surface area contributed by atoms with Crippen molar-refractivity contribution in [1.29, 1.82) is 0 Å². The summed E-state index contributed by atoms with van der Waals surface area (Å²) < 4.78 is 0. The van der Waals surface area contributed by atoms with Gasteiger partial charge in [-0.3, -0.25) is 4.99 Å². The molecule has 0 amide bonds. The van der Waals surface area contributed by atoms with Crippen LogP contribution >= 0.6 is 11.8 Å². The first-order valence-electron chi connectivity index (χ1n) is 3.45. The molecule has 1 rings (SSSR count). The third kappa shape index (κ3) is 2.05. The molecule has 0 saturated heterocycles. The van der Waals surface area contributed by atoms with Gasteiger partial charge in [0.05, 0.1) is 11.2 Å². The molecule has 0 unspecified atom stereocenters. The monoisotopic (exact) mass is 166 g/mol. The zero-order valence-electron chi connectivity index (χ0n) is 6.45. The minimum atomic E-state index is 0.806. The second kappa shape index (κ2) is 4.13. The van der Waals surface area contributed by atoms with Crippen molar-refractivity contribution in [3.63, 3.8) is 0 Å². The van der Waals surface area contributed by atoms with Gasteiger partial charge in [-0.1, -0.05) is 24.4 Å². The Balaban J connectivity index is 2.79. The van der Waals surface area contributed by atoms with Gasteiger partial charge in [-0.15, -0.1) is 0 Å². The van der Waals surface area contributed by atoms with Crippen molar-refractivity contribution < 1.29 is 0 Å². The molecule has 11 heavy (non-hydrogen) atoms. The van der Waals surface area contributed by atoms with Crippen LogP contribution in [0.1, 0.15) is 6.92 Å². The molecule has 0 aromatic rings. The average Bonchev–Trinajstić information content (AvgIpc) is 2.39. The van der Waals surface area contributed by atoms with E-state index in [9.17, 15) is 0 Å². The zero-order chi connectivity index (χ0) is 8.10. The van der Waals surface area contributed by atoms with Crippen LogP contribution in [0.2, 0.25) is 0 Å². The SMILES string of the molecule is C=C/C=C1/N=CSC1=NCC. The van der Waals surface area contributed by atoms with Gasteiger partial charge in [0.2, 0.25) is 0 Å².